The average molecular weight is 628 g/mol. The van der Waals surface area contributed by atoms with Crippen molar-refractivity contribution in [1.29, 1.82) is 0 Å². The summed E-state index contributed by atoms with van der Waals surface area (Å²) in [6.45, 7) is -0.203. The SMILES string of the molecule is COc1cc(C(=O)NCC(O)(CO)c2cc3c(c(-c4cc(Cl)c(F)cc4F)n2)OC[C@]3(C)C(N)=O)cc2cn(C3CC3)nc12. The molecule has 44 heavy (non-hydrogen) atoms. The highest BCUT2D eigenvalue weighted by molar-refractivity contribution is 6.31. The van der Waals surface area contributed by atoms with E-state index in [0.717, 1.165) is 18.9 Å². The van der Waals surface area contributed by atoms with E-state index in [1.807, 2.05) is 10.9 Å². The normalized spacial score (nSPS) is 18.9. The molecule has 5 N–H and O–H groups in total. The second-order valence-corrected chi connectivity index (χ2v) is 11.7. The number of aliphatic hydroxyl groups is 2. The summed E-state index contributed by atoms with van der Waals surface area (Å²) in [4.78, 5) is 30.1. The molecule has 2 aliphatic rings. The van der Waals surface area contributed by atoms with Gasteiger partial charge in [0, 0.05) is 34.3 Å². The first kappa shape index (κ1) is 29.7. The predicted octanol–water partition coefficient (Wildman–Crippen LogP) is 3.12. The third kappa shape index (κ3) is 4.90. The lowest BCUT2D eigenvalue weighted by Crippen LogP contribution is -2.44. The Morgan fingerprint density at radius 1 is 1.25 bits per heavy atom. The van der Waals surface area contributed by atoms with Crippen LogP contribution in [-0.2, 0) is 15.8 Å². The zero-order chi connectivity index (χ0) is 31.6. The summed E-state index contributed by atoms with van der Waals surface area (Å²) in [5.74, 6) is -3.04. The Labute approximate surface area is 254 Å². The fraction of sp³-hybridized carbons (Fsp3) is 0.333. The minimum Gasteiger partial charge on any atom is -0.494 e. The number of halogens is 3. The molecule has 0 radical (unpaired) electrons. The number of nitrogens with zero attached hydrogens (tertiary/aromatic N) is 3. The molecule has 2 atom stereocenters. The fourth-order valence-corrected chi connectivity index (χ4v) is 5.37. The van der Waals surface area contributed by atoms with Crippen LogP contribution < -0.4 is 20.5 Å². The fourth-order valence-electron chi connectivity index (χ4n) is 5.20. The Morgan fingerprint density at radius 2 is 2.00 bits per heavy atom. The number of pyridine rings is 1. The summed E-state index contributed by atoms with van der Waals surface area (Å²) in [5.41, 5.74) is 2.29. The Balaban J connectivity index is 1.37. The van der Waals surface area contributed by atoms with Crippen molar-refractivity contribution >= 4 is 34.3 Å². The maximum atomic E-state index is 15.0. The van der Waals surface area contributed by atoms with E-state index in [0.29, 0.717) is 28.8 Å². The number of aromatic nitrogens is 3. The van der Waals surface area contributed by atoms with E-state index in [2.05, 4.69) is 15.4 Å². The number of ether oxygens (including phenoxy) is 2. The van der Waals surface area contributed by atoms with Crippen molar-refractivity contribution in [3.05, 3.63) is 70.0 Å². The minimum atomic E-state index is -2.23. The molecule has 0 bridgehead atoms. The van der Waals surface area contributed by atoms with Gasteiger partial charge in [0.05, 0.1) is 37.0 Å². The second kappa shape index (κ2) is 10.7. The van der Waals surface area contributed by atoms with Gasteiger partial charge in [0.2, 0.25) is 5.91 Å². The zero-order valence-electron chi connectivity index (χ0n) is 23.7. The third-order valence-electron chi connectivity index (χ3n) is 8.16. The van der Waals surface area contributed by atoms with Gasteiger partial charge in [-0.1, -0.05) is 11.6 Å². The van der Waals surface area contributed by atoms with Gasteiger partial charge < -0.3 is 30.7 Å². The Hall–Kier alpha value is -4.33. The van der Waals surface area contributed by atoms with E-state index in [4.69, 9.17) is 26.8 Å². The molecule has 0 spiro atoms. The van der Waals surface area contributed by atoms with Crippen molar-refractivity contribution < 1.29 is 38.1 Å². The minimum absolute atomic E-state index is 0.0203. The monoisotopic (exact) mass is 627 g/mol. The number of fused-ring (bicyclic) bond motifs is 2. The van der Waals surface area contributed by atoms with Crippen molar-refractivity contribution in [3.8, 4) is 22.8 Å². The Bertz CT molecular complexity index is 1850. The number of benzene rings is 2. The molecule has 1 saturated carbocycles. The van der Waals surface area contributed by atoms with Crippen LogP contribution in [-0.4, -0.2) is 63.7 Å². The lowest BCUT2D eigenvalue weighted by Gasteiger charge is -2.28. The molecule has 1 unspecified atom stereocenters. The summed E-state index contributed by atoms with van der Waals surface area (Å²) >= 11 is 5.94. The number of aliphatic hydroxyl groups excluding tert-OH is 1. The molecule has 11 nitrogen and oxygen atoms in total. The van der Waals surface area contributed by atoms with Crippen molar-refractivity contribution in [2.24, 2.45) is 5.73 Å². The van der Waals surface area contributed by atoms with Crippen LogP contribution in [0.15, 0.2) is 36.5 Å². The van der Waals surface area contributed by atoms with Crippen LogP contribution in [0.25, 0.3) is 22.2 Å². The first-order valence-electron chi connectivity index (χ1n) is 13.7. The molecule has 14 heteroatoms. The zero-order valence-corrected chi connectivity index (χ0v) is 24.4. The number of primary amides is 1. The van der Waals surface area contributed by atoms with Gasteiger partial charge in [-0.05, 0) is 44.0 Å². The van der Waals surface area contributed by atoms with E-state index in [1.165, 1.54) is 26.2 Å². The van der Waals surface area contributed by atoms with Crippen molar-refractivity contribution in [2.75, 3.05) is 26.9 Å². The Kier molecular flexibility index (Phi) is 7.22. The van der Waals surface area contributed by atoms with E-state index in [9.17, 15) is 24.2 Å². The summed E-state index contributed by atoms with van der Waals surface area (Å²) in [6, 6.07) is 6.34. The van der Waals surface area contributed by atoms with Gasteiger partial charge in [0.25, 0.3) is 5.91 Å². The smallest absolute Gasteiger partial charge is 0.251 e. The quantitative estimate of drug-likeness (QED) is 0.206. The average Bonchev–Trinajstić information content (AvgIpc) is 3.67. The number of nitrogens with one attached hydrogen (secondary N) is 1. The molecule has 2 aromatic heterocycles. The Morgan fingerprint density at radius 3 is 2.66 bits per heavy atom. The molecule has 230 valence electrons. The topological polar surface area (TPSA) is 162 Å². The van der Waals surface area contributed by atoms with Crippen LogP contribution in [0.5, 0.6) is 11.5 Å². The number of carbonyl (C=O) groups is 2. The molecule has 1 aliphatic heterocycles. The van der Waals surface area contributed by atoms with Crippen molar-refractivity contribution in [2.45, 2.75) is 36.8 Å². The standard InChI is InChI=1S/C30H28ClF2N5O6/c1-29(28(34)41)13-44-26-18(29)8-23(36-25(26)17-7-19(31)21(33)9-20(17)32)30(42,12-39)11-35-27(40)14-5-15-10-38(16-3-4-16)37-24(15)22(6-14)43-2/h5-10,16,39,42H,3-4,11-13H2,1-2H3,(H2,34,41)(H,35,40)/t29-,30?/m0/s1. The van der Waals surface area contributed by atoms with Gasteiger partial charge in [-0.2, -0.15) is 5.10 Å². The molecular formula is C30H28ClF2N5O6. The van der Waals surface area contributed by atoms with Crippen LogP contribution in [0.2, 0.25) is 5.02 Å². The number of carbonyl (C=O) groups excluding carboxylic acids is 2. The number of nitrogens with two attached hydrogens (primary N) is 1. The van der Waals surface area contributed by atoms with Gasteiger partial charge in [0.15, 0.2) is 0 Å². The van der Waals surface area contributed by atoms with Gasteiger partial charge in [0.1, 0.15) is 52.0 Å². The maximum Gasteiger partial charge on any atom is 0.251 e. The van der Waals surface area contributed by atoms with Gasteiger partial charge in [-0.3, -0.25) is 14.3 Å². The number of hydrogen-bond donors (Lipinski definition) is 4. The number of hydrogen-bond acceptors (Lipinski definition) is 8. The molecule has 6 rings (SSSR count). The van der Waals surface area contributed by atoms with E-state index >= 15 is 4.39 Å². The lowest BCUT2D eigenvalue weighted by atomic mass is 9.82. The summed E-state index contributed by atoms with van der Waals surface area (Å²) in [7, 11) is 1.47. The first-order chi connectivity index (χ1) is 20.9. The first-order valence-corrected chi connectivity index (χ1v) is 14.1. The second-order valence-electron chi connectivity index (χ2n) is 11.3. The number of amides is 2. The van der Waals surface area contributed by atoms with Gasteiger partial charge >= 0.3 is 0 Å². The van der Waals surface area contributed by atoms with Crippen LogP contribution in [0.1, 0.15) is 47.4 Å². The highest BCUT2D eigenvalue weighted by atomic mass is 35.5. The molecule has 4 aromatic rings. The predicted molar refractivity (Wildman–Crippen MR) is 155 cm³/mol. The number of methoxy groups -OCH3 is 1. The summed E-state index contributed by atoms with van der Waals surface area (Å²) < 4.78 is 42.0. The van der Waals surface area contributed by atoms with Crippen LogP contribution in [0, 0.1) is 11.6 Å². The van der Waals surface area contributed by atoms with Crippen LogP contribution in [0.3, 0.4) is 0 Å². The summed E-state index contributed by atoms with van der Waals surface area (Å²) in [5, 5.41) is 29.4. The molecular weight excluding hydrogens is 600 g/mol. The van der Waals surface area contributed by atoms with Gasteiger partial charge in [-0.15, -0.1) is 0 Å². The molecule has 1 aliphatic carbocycles. The van der Waals surface area contributed by atoms with Gasteiger partial charge in [-0.25, -0.2) is 13.8 Å². The van der Waals surface area contributed by atoms with E-state index < -0.39 is 52.6 Å². The van der Waals surface area contributed by atoms with E-state index in [1.54, 1.807) is 6.07 Å². The highest BCUT2D eigenvalue weighted by Crippen LogP contribution is 2.46. The molecule has 0 saturated heterocycles. The van der Waals surface area contributed by atoms with E-state index in [-0.39, 0.29) is 40.4 Å². The molecule has 1 fully saturated rings. The number of rotatable bonds is 9. The van der Waals surface area contributed by atoms with Crippen molar-refractivity contribution in [3.63, 3.8) is 0 Å². The van der Waals surface area contributed by atoms with Crippen LogP contribution >= 0.6 is 11.6 Å². The molecule has 3 heterocycles. The molecule has 2 aromatic carbocycles. The lowest BCUT2D eigenvalue weighted by molar-refractivity contribution is -0.123. The maximum absolute atomic E-state index is 15.0. The largest absolute Gasteiger partial charge is 0.494 e. The van der Waals surface area contributed by atoms with Crippen LogP contribution in [0.4, 0.5) is 8.78 Å². The molecule has 2 amide bonds. The highest BCUT2D eigenvalue weighted by Gasteiger charge is 2.46. The summed E-state index contributed by atoms with van der Waals surface area (Å²) in [6.07, 6.45) is 3.88. The third-order valence-corrected chi connectivity index (χ3v) is 8.45. The van der Waals surface area contributed by atoms with Crippen molar-refractivity contribution in [1.82, 2.24) is 20.1 Å².